The van der Waals surface area contributed by atoms with E-state index in [0.717, 1.165) is 0 Å². The van der Waals surface area contributed by atoms with Gasteiger partial charge in [0.15, 0.2) is 11.4 Å². The lowest BCUT2D eigenvalue weighted by Gasteiger charge is -2.19. The van der Waals surface area contributed by atoms with E-state index in [4.69, 9.17) is 10.2 Å². The number of nitrogens with zero attached hydrogens (tertiary/aromatic N) is 1. The van der Waals surface area contributed by atoms with E-state index in [1.54, 1.807) is 52.2 Å². The number of rotatable bonds is 9. The van der Waals surface area contributed by atoms with Crippen LogP contribution in [0, 0.1) is 13.8 Å². The van der Waals surface area contributed by atoms with E-state index in [-0.39, 0.29) is 35.0 Å². The number of aryl methyl sites for hydroxylation is 2. The van der Waals surface area contributed by atoms with Gasteiger partial charge in [-0.1, -0.05) is 12.1 Å². The molecule has 1 aliphatic carbocycles. The molecule has 0 bridgehead atoms. The number of aliphatic imine (C=N–C) groups is 1. The number of nitrogens with one attached hydrogen (secondary N) is 3. The molecule has 1 aliphatic heterocycles. The lowest BCUT2D eigenvalue weighted by molar-refractivity contribution is -0.122. The Labute approximate surface area is 242 Å². The van der Waals surface area contributed by atoms with Crippen molar-refractivity contribution in [3.63, 3.8) is 0 Å². The number of carboxylic acids is 1. The lowest BCUT2D eigenvalue weighted by Crippen LogP contribution is -2.41. The molecule has 7 N–H and O–H groups in total. The van der Waals surface area contributed by atoms with E-state index >= 15 is 0 Å². The van der Waals surface area contributed by atoms with Crippen LogP contribution in [0.4, 0.5) is 0 Å². The highest BCUT2D eigenvalue weighted by atomic mass is 16.4. The van der Waals surface area contributed by atoms with Crippen molar-refractivity contribution in [3.8, 4) is 28.2 Å². The van der Waals surface area contributed by atoms with Crippen molar-refractivity contribution in [2.75, 3.05) is 20.6 Å². The fourth-order valence-corrected chi connectivity index (χ4v) is 4.82. The molecule has 0 saturated carbocycles. The number of amides is 1. The number of carbonyl (C=O) groups is 2. The first-order chi connectivity index (χ1) is 20.0. The molecule has 2 aliphatic rings. The first-order valence-electron chi connectivity index (χ1n) is 13.5. The Morgan fingerprint density at radius 1 is 1.05 bits per heavy atom. The minimum atomic E-state index is -1.16. The second kappa shape index (κ2) is 12.7. The summed E-state index contributed by atoms with van der Waals surface area (Å²) >= 11 is 0. The summed E-state index contributed by atoms with van der Waals surface area (Å²) in [5.74, 6) is -0.557. The quantitative estimate of drug-likeness (QED) is 0.0759. The summed E-state index contributed by atoms with van der Waals surface area (Å²) in [4.78, 5) is 41.5. The number of hydrogen-bond acceptors (Lipinski definition) is 7. The first kappa shape index (κ1) is 30.1. The smallest absolute Gasteiger partial charge is 0.336 e. The molecule has 11 heteroatoms. The molecule has 2 aromatic rings. The van der Waals surface area contributed by atoms with Crippen LogP contribution < -0.4 is 27.1 Å². The highest BCUT2D eigenvalue weighted by Crippen LogP contribution is 2.43. The number of nitrogens with two attached hydrogens (primary N) is 1. The van der Waals surface area contributed by atoms with E-state index in [1.165, 1.54) is 18.2 Å². The number of fused-ring (bicyclic) bond motifs is 2. The van der Waals surface area contributed by atoms with Crippen LogP contribution in [0.5, 0.6) is 5.75 Å². The van der Waals surface area contributed by atoms with Crippen molar-refractivity contribution in [2.45, 2.75) is 39.3 Å². The zero-order valence-electron chi connectivity index (χ0n) is 24.0. The first-order valence-corrected chi connectivity index (χ1v) is 13.5. The predicted molar refractivity (Wildman–Crippen MR) is 162 cm³/mol. The number of guanidine groups is 1. The Morgan fingerprint density at radius 3 is 2.50 bits per heavy atom. The molecule has 11 nitrogen and oxygen atoms in total. The van der Waals surface area contributed by atoms with Gasteiger partial charge >= 0.3 is 5.97 Å². The van der Waals surface area contributed by atoms with E-state index in [9.17, 15) is 24.6 Å². The number of aromatic hydroxyl groups is 1. The fraction of sp³-hybridized carbons (Fsp3) is 0.290. The van der Waals surface area contributed by atoms with Crippen LogP contribution in [0.3, 0.4) is 0 Å². The molecule has 0 fully saturated rings. The number of phenolic OH excluding ortho intramolecular Hbond substituents is 1. The molecule has 1 heterocycles. The minimum absolute atomic E-state index is 0.0124. The largest absolute Gasteiger partial charge is 0.508 e. The van der Waals surface area contributed by atoms with E-state index in [0.29, 0.717) is 69.7 Å². The van der Waals surface area contributed by atoms with Crippen LogP contribution in [0.2, 0.25) is 0 Å². The van der Waals surface area contributed by atoms with Gasteiger partial charge in [0.1, 0.15) is 17.1 Å². The molecule has 1 amide bonds. The molecule has 0 aromatic heterocycles. The van der Waals surface area contributed by atoms with Crippen LogP contribution in [0.15, 0.2) is 56.7 Å². The highest BCUT2D eigenvalue weighted by Gasteiger charge is 2.24. The van der Waals surface area contributed by atoms with Crippen molar-refractivity contribution in [1.29, 1.82) is 0 Å². The summed E-state index contributed by atoms with van der Waals surface area (Å²) in [5, 5.41) is 29.9. The molecule has 1 atom stereocenters. The third-order valence-corrected chi connectivity index (χ3v) is 7.17. The second-order valence-electron chi connectivity index (χ2n) is 10.1. The van der Waals surface area contributed by atoms with Gasteiger partial charge in [-0.25, -0.2) is 4.79 Å². The predicted octanol–water partition coefficient (Wildman–Crippen LogP) is 3.10. The minimum Gasteiger partial charge on any atom is -0.508 e. The lowest BCUT2D eigenvalue weighted by atomic mass is 9.88. The van der Waals surface area contributed by atoms with Crippen molar-refractivity contribution >= 4 is 28.8 Å². The van der Waals surface area contributed by atoms with Gasteiger partial charge in [-0.3, -0.25) is 14.6 Å². The molecule has 0 unspecified atom stereocenters. The van der Waals surface area contributed by atoms with Crippen molar-refractivity contribution in [2.24, 2.45) is 10.7 Å². The zero-order valence-corrected chi connectivity index (χ0v) is 24.0. The van der Waals surface area contributed by atoms with Crippen molar-refractivity contribution in [3.05, 3.63) is 74.9 Å². The average molecular weight is 574 g/mol. The maximum atomic E-state index is 12.6. The van der Waals surface area contributed by atoms with Gasteiger partial charge in [-0.15, -0.1) is 0 Å². The average Bonchev–Trinajstić information content (AvgIpc) is 2.96. The number of hydrogen-bond donors (Lipinski definition) is 6. The Morgan fingerprint density at radius 2 is 1.81 bits per heavy atom. The van der Waals surface area contributed by atoms with Crippen LogP contribution in [-0.2, 0) is 11.3 Å². The summed E-state index contributed by atoms with van der Waals surface area (Å²) < 4.78 is 5.97. The van der Waals surface area contributed by atoms with E-state index in [1.807, 2.05) is 0 Å². The molecule has 0 radical (unpaired) electrons. The van der Waals surface area contributed by atoms with Gasteiger partial charge in [0.2, 0.25) is 5.91 Å². The summed E-state index contributed by atoms with van der Waals surface area (Å²) in [5.41, 5.74) is 9.36. The Kier molecular flexibility index (Phi) is 9.12. The van der Waals surface area contributed by atoms with Crippen LogP contribution in [-0.4, -0.2) is 54.7 Å². The molecule has 0 spiro atoms. The number of benzene rings is 3. The molecule has 2 aromatic carbocycles. The highest BCUT2D eigenvalue weighted by molar-refractivity contribution is 6.08. The van der Waals surface area contributed by atoms with Gasteiger partial charge < -0.3 is 36.3 Å². The number of carbonyl (C=O) groups excluding carboxylic acids is 1. The zero-order chi connectivity index (χ0) is 30.6. The van der Waals surface area contributed by atoms with Crippen LogP contribution in [0.1, 0.15) is 39.9 Å². The molecule has 0 saturated heterocycles. The monoisotopic (exact) mass is 573 g/mol. The van der Waals surface area contributed by atoms with Gasteiger partial charge in [-0.2, -0.15) is 0 Å². The number of carboxylic acid groups (broad SMARTS) is 1. The topological polar surface area (TPSA) is 179 Å². The Hall–Kier alpha value is -4.90. The maximum absolute atomic E-state index is 12.6. The molecular weight excluding hydrogens is 538 g/mol. The van der Waals surface area contributed by atoms with E-state index < -0.39 is 12.0 Å². The van der Waals surface area contributed by atoms with Gasteiger partial charge in [-0.05, 0) is 67.1 Å². The summed E-state index contributed by atoms with van der Waals surface area (Å²) in [6.07, 6.45) is 1.11. The Bertz CT molecular complexity index is 1710. The second-order valence-corrected chi connectivity index (χ2v) is 10.1. The van der Waals surface area contributed by atoms with Gasteiger partial charge in [0.05, 0.1) is 11.6 Å². The van der Waals surface area contributed by atoms with Gasteiger partial charge in [0.25, 0.3) is 0 Å². The van der Waals surface area contributed by atoms with Crippen LogP contribution >= 0.6 is 0 Å². The number of aromatic carboxylic acids is 1. The number of phenols is 1. The maximum Gasteiger partial charge on any atom is 0.336 e. The SMILES string of the molecule is CN=C(NC)NCCC[C@H](N)C(=O)NCc1ccc(-c2c3cc(C)c(=O)cc-3oc3cc(O)c(C)cc23)c(C(=O)O)c1. The standard InChI is InChI=1S/C31H35N5O6/c1-16-10-21-26(13-24(16)37)42-27-14-25(38)17(2)11-22(27)28(21)19-8-7-18(12-20(19)30(40)41)15-36-29(39)23(32)6-5-9-35-31(33-3)34-4/h7-8,10-14,23,37H,5-6,9,15,32H2,1-4H3,(H,36,39)(H,40,41)(H2,33,34,35)/t23-/m0/s1. The van der Waals surface area contributed by atoms with Crippen molar-refractivity contribution < 1.29 is 24.2 Å². The Balaban J connectivity index is 1.63. The van der Waals surface area contributed by atoms with Crippen LogP contribution in [0.25, 0.3) is 33.4 Å². The summed E-state index contributed by atoms with van der Waals surface area (Å²) in [6.45, 7) is 4.11. The summed E-state index contributed by atoms with van der Waals surface area (Å²) in [6, 6.07) is 10.5. The third-order valence-electron chi connectivity index (χ3n) is 7.17. The van der Waals surface area contributed by atoms with E-state index in [2.05, 4.69) is 20.9 Å². The molecule has 220 valence electrons. The van der Waals surface area contributed by atoms with Crippen molar-refractivity contribution in [1.82, 2.24) is 16.0 Å². The molecular formula is C31H35N5O6. The summed E-state index contributed by atoms with van der Waals surface area (Å²) in [7, 11) is 3.42. The molecule has 4 rings (SSSR count). The molecule has 42 heavy (non-hydrogen) atoms. The fourth-order valence-electron chi connectivity index (χ4n) is 4.82. The van der Waals surface area contributed by atoms with Gasteiger partial charge in [0, 0.05) is 55.8 Å². The normalized spacial score (nSPS) is 12.4. The third kappa shape index (κ3) is 6.36.